The summed E-state index contributed by atoms with van der Waals surface area (Å²) in [5.41, 5.74) is 0.359. The molecule has 1 aromatic heterocycles. The van der Waals surface area contributed by atoms with Crippen LogP contribution in [0.2, 0.25) is 0 Å². The highest BCUT2D eigenvalue weighted by Gasteiger charge is 2.11. The molecule has 0 N–H and O–H groups in total. The smallest absolute Gasteiger partial charge is 0.338 e. The first-order valence-electron chi connectivity index (χ1n) is 8.12. The number of hydrogen-bond donors (Lipinski definition) is 0. The van der Waals surface area contributed by atoms with E-state index < -0.39 is 5.97 Å². The van der Waals surface area contributed by atoms with Gasteiger partial charge >= 0.3 is 5.97 Å². The molecular weight excluding hydrogens is 350 g/mol. The number of benzene rings is 2. The number of ether oxygens (including phenoxy) is 3. The van der Waals surface area contributed by atoms with Crippen molar-refractivity contribution in [3.63, 3.8) is 0 Å². The van der Waals surface area contributed by atoms with Gasteiger partial charge in [-0.2, -0.15) is 5.26 Å². The molecule has 0 radical (unpaired) electrons. The second-order valence-corrected chi connectivity index (χ2v) is 5.38. The van der Waals surface area contributed by atoms with Crippen molar-refractivity contribution in [2.75, 3.05) is 13.2 Å². The fraction of sp³-hybridized carbons (Fsp3) is 0.150. The molecule has 0 unspecified atom stereocenters. The first-order chi connectivity index (χ1) is 13.1. The molecule has 3 rings (SSSR count). The lowest BCUT2D eigenvalue weighted by Crippen LogP contribution is -2.06. The van der Waals surface area contributed by atoms with E-state index in [-0.39, 0.29) is 17.8 Å². The van der Waals surface area contributed by atoms with Crippen molar-refractivity contribution in [3.8, 4) is 23.3 Å². The van der Waals surface area contributed by atoms with Gasteiger partial charge in [0.15, 0.2) is 6.61 Å². The van der Waals surface area contributed by atoms with Crippen molar-refractivity contribution >= 4 is 16.9 Å². The zero-order valence-corrected chi connectivity index (χ0v) is 14.4. The van der Waals surface area contributed by atoms with Crippen LogP contribution in [0.3, 0.4) is 0 Å². The van der Waals surface area contributed by atoms with Crippen LogP contribution in [0.4, 0.5) is 0 Å². The van der Waals surface area contributed by atoms with Gasteiger partial charge in [0, 0.05) is 6.07 Å². The topological polar surface area (TPSA) is 98.8 Å². The molecule has 0 saturated carbocycles. The summed E-state index contributed by atoms with van der Waals surface area (Å²) in [5, 5.41) is 8.86. The minimum absolute atomic E-state index is 0.0112. The Balaban J connectivity index is 1.83. The SMILES string of the molecule is CCOC(=O)c1ccc(Oc2coc3cc(OCC#N)ccc3c2=O)cc1. The highest BCUT2D eigenvalue weighted by Crippen LogP contribution is 2.24. The highest BCUT2D eigenvalue weighted by molar-refractivity contribution is 5.89. The van der Waals surface area contributed by atoms with Crippen molar-refractivity contribution in [1.82, 2.24) is 0 Å². The zero-order chi connectivity index (χ0) is 19.2. The van der Waals surface area contributed by atoms with E-state index in [9.17, 15) is 9.59 Å². The summed E-state index contributed by atoms with van der Waals surface area (Å²) in [6, 6.07) is 12.8. The van der Waals surface area contributed by atoms with Crippen LogP contribution < -0.4 is 14.9 Å². The van der Waals surface area contributed by atoms with Crippen molar-refractivity contribution in [3.05, 3.63) is 64.5 Å². The molecule has 0 aliphatic rings. The van der Waals surface area contributed by atoms with Gasteiger partial charge in [-0.05, 0) is 43.3 Å². The third-order valence-electron chi connectivity index (χ3n) is 3.61. The average molecular weight is 365 g/mol. The van der Waals surface area contributed by atoms with Crippen molar-refractivity contribution in [2.45, 2.75) is 6.92 Å². The minimum atomic E-state index is -0.427. The maximum absolute atomic E-state index is 12.6. The molecule has 0 bridgehead atoms. The summed E-state index contributed by atoms with van der Waals surface area (Å²) in [7, 11) is 0. The summed E-state index contributed by atoms with van der Waals surface area (Å²) >= 11 is 0. The summed E-state index contributed by atoms with van der Waals surface area (Å²) in [4.78, 5) is 24.2. The van der Waals surface area contributed by atoms with Crippen LogP contribution in [0.1, 0.15) is 17.3 Å². The standard InChI is InChI=1S/C20H15NO6/c1-2-24-20(23)13-3-5-14(6-4-13)27-18-12-26-17-11-15(25-10-9-21)7-8-16(17)19(18)22/h3-8,11-12H,2,10H2,1H3. The van der Waals surface area contributed by atoms with Gasteiger partial charge in [-0.25, -0.2) is 4.79 Å². The third kappa shape index (κ3) is 4.07. The molecule has 7 heteroatoms. The molecular formula is C20H15NO6. The molecule has 0 saturated heterocycles. The first-order valence-corrected chi connectivity index (χ1v) is 8.12. The normalized spacial score (nSPS) is 10.2. The van der Waals surface area contributed by atoms with E-state index in [0.29, 0.717) is 34.6 Å². The summed E-state index contributed by atoms with van der Waals surface area (Å²) in [6.07, 6.45) is 1.21. The van der Waals surface area contributed by atoms with E-state index in [1.807, 2.05) is 6.07 Å². The summed E-state index contributed by atoms with van der Waals surface area (Å²) in [5.74, 6) is 0.389. The Morgan fingerprint density at radius 2 is 1.89 bits per heavy atom. The maximum atomic E-state index is 12.6. The van der Waals surface area contributed by atoms with E-state index in [1.165, 1.54) is 12.3 Å². The molecule has 2 aromatic carbocycles. The second kappa shape index (κ2) is 8.06. The average Bonchev–Trinajstić information content (AvgIpc) is 2.69. The molecule has 0 aliphatic carbocycles. The molecule has 0 spiro atoms. The number of rotatable bonds is 6. The number of esters is 1. The highest BCUT2D eigenvalue weighted by atomic mass is 16.5. The van der Waals surface area contributed by atoms with Crippen LogP contribution in [0.15, 0.2) is 57.9 Å². The number of nitriles is 1. The molecule has 1 heterocycles. The molecule has 0 amide bonds. The van der Waals surface area contributed by atoms with Crippen LogP contribution in [-0.2, 0) is 4.74 Å². The fourth-order valence-corrected chi connectivity index (χ4v) is 2.37. The predicted octanol–water partition coefficient (Wildman–Crippen LogP) is 3.66. The van der Waals surface area contributed by atoms with E-state index in [4.69, 9.17) is 23.9 Å². The predicted molar refractivity (Wildman–Crippen MR) is 96.1 cm³/mol. The Labute approximate surface area is 154 Å². The second-order valence-electron chi connectivity index (χ2n) is 5.38. The van der Waals surface area contributed by atoms with E-state index in [1.54, 1.807) is 43.3 Å². The number of carbonyl (C=O) groups is 1. The van der Waals surface area contributed by atoms with Crippen molar-refractivity contribution in [2.24, 2.45) is 0 Å². The van der Waals surface area contributed by atoms with Crippen LogP contribution in [-0.4, -0.2) is 19.2 Å². The minimum Gasteiger partial charge on any atom is -0.479 e. The van der Waals surface area contributed by atoms with Crippen LogP contribution >= 0.6 is 0 Å². The van der Waals surface area contributed by atoms with Gasteiger partial charge in [0.05, 0.1) is 17.6 Å². The third-order valence-corrected chi connectivity index (χ3v) is 3.61. The van der Waals surface area contributed by atoms with E-state index in [0.717, 1.165) is 0 Å². The molecule has 27 heavy (non-hydrogen) atoms. The fourth-order valence-electron chi connectivity index (χ4n) is 2.37. The Bertz CT molecular complexity index is 1060. The molecule has 0 atom stereocenters. The molecule has 0 aliphatic heterocycles. The zero-order valence-electron chi connectivity index (χ0n) is 14.4. The van der Waals surface area contributed by atoms with Crippen LogP contribution in [0, 0.1) is 11.3 Å². The lowest BCUT2D eigenvalue weighted by molar-refractivity contribution is 0.0526. The number of fused-ring (bicyclic) bond motifs is 1. The monoisotopic (exact) mass is 365 g/mol. The van der Waals surface area contributed by atoms with Gasteiger partial charge in [-0.15, -0.1) is 0 Å². The van der Waals surface area contributed by atoms with Gasteiger partial charge < -0.3 is 18.6 Å². The lowest BCUT2D eigenvalue weighted by atomic mass is 10.2. The van der Waals surface area contributed by atoms with E-state index >= 15 is 0 Å². The molecule has 7 nitrogen and oxygen atoms in total. The number of hydrogen-bond acceptors (Lipinski definition) is 7. The van der Waals surface area contributed by atoms with Crippen molar-refractivity contribution < 1.29 is 23.4 Å². The van der Waals surface area contributed by atoms with Gasteiger partial charge in [-0.1, -0.05) is 0 Å². The number of carbonyl (C=O) groups excluding carboxylic acids is 1. The Morgan fingerprint density at radius 3 is 2.59 bits per heavy atom. The lowest BCUT2D eigenvalue weighted by Gasteiger charge is -2.07. The number of nitrogens with zero attached hydrogens (tertiary/aromatic N) is 1. The van der Waals surface area contributed by atoms with Crippen molar-refractivity contribution in [1.29, 1.82) is 5.26 Å². The van der Waals surface area contributed by atoms with Crippen LogP contribution in [0.25, 0.3) is 11.0 Å². The molecule has 136 valence electrons. The van der Waals surface area contributed by atoms with Gasteiger partial charge in [0.25, 0.3) is 0 Å². The Morgan fingerprint density at radius 1 is 1.15 bits per heavy atom. The molecule has 0 fully saturated rings. The summed E-state index contributed by atoms with van der Waals surface area (Å²) < 4.78 is 21.1. The van der Waals surface area contributed by atoms with E-state index in [2.05, 4.69) is 0 Å². The van der Waals surface area contributed by atoms with Gasteiger partial charge in [0.1, 0.15) is 29.4 Å². The van der Waals surface area contributed by atoms with Gasteiger partial charge in [0.2, 0.25) is 11.2 Å². The Kier molecular flexibility index (Phi) is 5.38. The van der Waals surface area contributed by atoms with Gasteiger partial charge in [-0.3, -0.25) is 4.79 Å². The Hall–Kier alpha value is -3.79. The van der Waals surface area contributed by atoms with Crippen LogP contribution in [0.5, 0.6) is 17.2 Å². The quantitative estimate of drug-likeness (QED) is 0.615. The maximum Gasteiger partial charge on any atom is 0.338 e. The largest absolute Gasteiger partial charge is 0.479 e. The summed E-state index contributed by atoms with van der Waals surface area (Å²) in [6.45, 7) is 1.92. The molecule has 3 aromatic rings. The first kappa shape index (κ1) is 18.0.